The summed E-state index contributed by atoms with van der Waals surface area (Å²) in [7, 11) is 1.68. The molecule has 0 saturated heterocycles. The van der Waals surface area contributed by atoms with Gasteiger partial charge in [-0.25, -0.2) is 0 Å². The maximum absolute atomic E-state index is 2.77. The van der Waals surface area contributed by atoms with Crippen LogP contribution < -0.4 is 5.19 Å². The summed E-state index contributed by atoms with van der Waals surface area (Å²) in [6, 6.07) is 8.97. The molecule has 0 saturated carbocycles. The van der Waals surface area contributed by atoms with Crippen LogP contribution in [0.1, 0.15) is 5.56 Å². The molecule has 1 rings (SSSR count). The summed E-state index contributed by atoms with van der Waals surface area (Å²) >= 11 is 0. The van der Waals surface area contributed by atoms with Gasteiger partial charge in [-0.05, 0) is 11.7 Å². The Morgan fingerprint density at radius 3 is 2.31 bits per heavy atom. The zero-order chi connectivity index (χ0) is 9.19. The van der Waals surface area contributed by atoms with Gasteiger partial charge in [-0.3, -0.25) is 0 Å². The van der Waals surface area contributed by atoms with Gasteiger partial charge >= 0.3 is 0 Å². The van der Waals surface area contributed by atoms with Crippen molar-refractivity contribution >= 4 is 39.5 Å². The molecule has 1 aromatic rings. The lowest BCUT2D eigenvalue weighted by atomic mass is 10.2. The normalized spacial score (nSPS) is 10.8. The maximum atomic E-state index is 2.77. The van der Waals surface area contributed by atoms with Crippen molar-refractivity contribution in [2.24, 2.45) is 0 Å². The largest absolute Gasteiger partial charge is 0.133 e. The lowest BCUT2D eigenvalue weighted by Gasteiger charge is -2.17. The first-order valence-corrected chi connectivity index (χ1v) is 8.65. The summed E-state index contributed by atoms with van der Waals surface area (Å²) in [5.74, 6) is 0. The zero-order valence-corrected chi connectivity index (χ0v) is 12.4. The van der Waals surface area contributed by atoms with Crippen molar-refractivity contribution in [1.29, 1.82) is 0 Å². The average molecular weight is 277 g/mol. The van der Waals surface area contributed by atoms with E-state index in [0.717, 1.165) is 6.16 Å². The van der Waals surface area contributed by atoms with E-state index in [1.807, 2.05) is 0 Å². The van der Waals surface area contributed by atoms with E-state index in [0.29, 0.717) is 0 Å². The van der Waals surface area contributed by atoms with Gasteiger partial charge in [-0.1, -0.05) is 49.1 Å². The van der Waals surface area contributed by atoms with Crippen molar-refractivity contribution in [3.05, 3.63) is 29.8 Å². The van der Waals surface area contributed by atoms with E-state index < -0.39 is 8.07 Å². The fourth-order valence-electron chi connectivity index (χ4n) is 1.16. The third-order valence-corrected chi connectivity index (χ3v) is 4.54. The van der Waals surface area contributed by atoms with E-state index in [9.17, 15) is 0 Å². The zero-order valence-electron chi connectivity index (χ0n) is 8.50. The number of hydrogen-bond donors (Lipinski definition) is 0. The van der Waals surface area contributed by atoms with Gasteiger partial charge in [0.25, 0.3) is 0 Å². The molecule has 0 nitrogen and oxygen atoms in total. The van der Waals surface area contributed by atoms with Crippen LogP contribution in [0.5, 0.6) is 0 Å². The third kappa shape index (κ3) is 3.93. The minimum absolute atomic E-state index is 0. The van der Waals surface area contributed by atoms with E-state index in [1.165, 1.54) is 5.56 Å². The summed E-state index contributed by atoms with van der Waals surface area (Å²) in [6.45, 7) is 7.15. The molecule has 0 aromatic heterocycles. The Hall–Kier alpha value is 0.347. The minimum atomic E-state index is -1.09. The number of benzene rings is 1. The second kappa shape index (κ2) is 5.28. The highest BCUT2D eigenvalue weighted by molar-refractivity contribution is 8.93. The second-order valence-corrected chi connectivity index (χ2v) is 9.64. The van der Waals surface area contributed by atoms with Crippen LogP contribution in [0.25, 0.3) is 0 Å². The first-order chi connectivity index (χ1) is 5.54. The molecule has 0 N–H and O–H groups in total. The molecule has 1 aromatic carbocycles. The minimum Gasteiger partial charge on any atom is -0.133 e. The van der Waals surface area contributed by atoms with Gasteiger partial charge in [0, 0.05) is 0 Å². The lowest BCUT2D eigenvalue weighted by Crippen LogP contribution is -2.37. The summed E-state index contributed by atoms with van der Waals surface area (Å²) in [5.41, 5.74) is 1.43. The van der Waals surface area contributed by atoms with Gasteiger partial charge in [0.15, 0.2) is 0 Å². The molecular formula is C10H18BrPSi. The molecular weight excluding hydrogens is 259 g/mol. The van der Waals surface area contributed by atoms with E-state index in [2.05, 4.69) is 53.1 Å². The third-order valence-electron chi connectivity index (χ3n) is 2.03. The van der Waals surface area contributed by atoms with Crippen LogP contribution >= 0.6 is 26.2 Å². The number of rotatable bonds is 2. The van der Waals surface area contributed by atoms with Crippen LogP contribution in [0.2, 0.25) is 19.6 Å². The van der Waals surface area contributed by atoms with Crippen molar-refractivity contribution in [2.45, 2.75) is 25.8 Å². The van der Waals surface area contributed by atoms with Gasteiger partial charge in [-0.2, -0.15) is 0 Å². The molecule has 0 aliphatic heterocycles. The van der Waals surface area contributed by atoms with Crippen LogP contribution in [-0.4, -0.2) is 8.07 Å². The molecule has 0 heterocycles. The Bertz CT molecular complexity index is 268. The van der Waals surface area contributed by atoms with Gasteiger partial charge in [-0.15, -0.1) is 26.2 Å². The summed E-state index contributed by atoms with van der Waals surface area (Å²) < 4.78 is 0. The first-order valence-electron chi connectivity index (χ1n) is 4.33. The van der Waals surface area contributed by atoms with E-state index in [1.54, 1.807) is 5.19 Å². The molecule has 0 radical (unpaired) electrons. The predicted molar refractivity (Wildman–Crippen MR) is 73.2 cm³/mol. The smallest absolute Gasteiger partial charge is 0.0776 e. The molecule has 3 heteroatoms. The number of halogens is 1. The van der Waals surface area contributed by atoms with Gasteiger partial charge in [0.1, 0.15) is 0 Å². The molecule has 0 spiro atoms. The van der Waals surface area contributed by atoms with Crippen LogP contribution in [0.15, 0.2) is 24.3 Å². The van der Waals surface area contributed by atoms with Crippen molar-refractivity contribution in [2.75, 3.05) is 0 Å². The fraction of sp³-hybridized carbons (Fsp3) is 0.400. The van der Waals surface area contributed by atoms with Crippen molar-refractivity contribution in [3.8, 4) is 0 Å². The Morgan fingerprint density at radius 1 is 1.23 bits per heavy atom. The molecule has 0 aliphatic rings. The maximum Gasteiger partial charge on any atom is 0.0776 e. The lowest BCUT2D eigenvalue weighted by molar-refractivity contribution is 1.43. The highest BCUT2D eigenvalue weighted by Gasteiger charge is 2.15. The molecule has 0 bridgehead atoms. The van der Waals surface area contributed by atoms with Crippen molar-refractivity contribution < 1.29 is 0 Å². The van der Waals surface area contributed by atoms with Gasteiger partial charge in [0.05, 0.1) is 8.07 Å². The fourth-order valence-corrected chi connectivity index (χ4v) is 2.63. The van der Waals surface area contributed by atoms with Crippen LogP contribution in [0.3, 0.4) is 0 Å². The summed E-state index contributed by atoms with van der Waals surface area (Å²) in [4.78, 5) is 0. The highest BCUT2D eigenvalue weighted by atomic mass is 79.9. The standard InChI is InChI=1S/C10H17PSi.BrH/c1-12(2,3)10-6-4-5-9(7-10)8-11;/h4-7H,8,11H2,1-3H3;1H. The van der Waals surface area contributed by atoms with Crippen LogP contribution in [0.4, 0.5) is 0 Å². The second-order valence-electron chi connectivity index (χ2n) is 4.15. The van der Waals surface area contributed by atoms with E-state index in [4.69, 9.17) is 0 Å². The summed E-state index contributed by atoms with van der Waals surface area (Å²) in [5, 5.41) is 1.56. The average Bonchev–Trinajstić information content (AvgIpc) is 2.03. The molecule has 0 fully saturated rings. The van der Waals surface area contributed by atoms with Gasteiger partial charge < -0.3 is 0 Å². The molecule has 13 heavy (non-hydrogen) atoms. The van der Waals surface area contributed by atoms with E-state index in [-0.39, 0.29) is 17.0 Å². The Morgan fingerprint density at radius 2 is 1.85 bits per heavy atom. The molecule has 1 atom stereocenters. The Balaban J connectivity index is 0.00000144. The highest BCUT2D eigenvalue weighted by Crippen LogP contribution is 2.07. The topological polar surface area (TPSA) is 0 Å². The van der Waals surface area contributed by atoms with Gasteiger partial charge in [0.2, 0.25) is 0 Å². The van der Waals surface area contributed by atoms with Crippen molar-refractivity contribution in [1.82, 2.24) is 0 Å². The number of hydrogen-bond acceptors (Lipinski definition) is 0. The quantitative estimate of drug-likeness (QED) is 0.575. The molecule has 0 amide bonds. The molecule has 1 unspecified atom stereocenters. The van der Waals surface area contributed by atoms with E-state index >= 15 is 0 Å². The predicted octanol–water partition coefficient (Wildman–Crippen LogP) is 3.18. The molecule has 74 valence electrons. The Kier molecular flexibility index (Phi) is 5.42. The van der Waals surface area contributed by atoms with Crippen LogP contribution in [-0.2, 0) is 6.16 Å². The summed E-state index contributed by atoms with van der Waals surface area (Å²) in [6.07, 6.45) is 1.07. The van der Waals surface area contributed by atoms with Crippen molar-refractivity contribution in [3.63, 3.8) is 0 Å². The Labute approximate surface area is 95.1 Å². The first kappa shape index (κ1) is 13.3. The van der Waals surface area contributed by atoms with Crippen LogP contribution in [0, 0.1) is 0 Å². The molecule has 0 aliphatic carbocycles. The monoisotopic (exact) mass is 276 g/mol. The SMILES string of the molecule is Br.C[Si](C)(C)c1cccc(CP)c1.